The molecule has 2 unspecified atom stereocenters. The zero-order chi connectivity index (χ0) is 36.4. The summed E-state index contributed by atoms with van der Waals surface area (Å²) in [5.74, 6) is -2.54. The highest BCUT2D eigenvalue weighted by molar-refractivity contribution is 5.98. The zero-order valence-corrected chi connectivity index (χ0v) is 27.0. The predicted molar refractivity (Wildman–Crippen MR) is 179 cm³/mol. The Kier molecular flexibility index (Phi) is 8.06. The van der Waals surface area contributed by atoms with Gasteiger partial charge in [-0.05, 0) is 73.2 Å². The van der Waals surface area contributed by atoms with Crippen molar-refractivity contribution in [3.8, 4) is 0 Å². The summed E-state index contributed by atoms with van der Waals surface area (Å²) in [5, 5.41) is 17.2. The van der Waals surface area contributed by atoms with Gasteiger partial charge in [-0.25, -0.2) is 9.97 Å². The maximum absolute atomic E-state index is 14.0. The van der Waals surface area contributed by atoms with Crippen LogP contribution < -0.4 is 31.9 Å². The van der Waals surface area contributed by atoms with Gasteiger partial charge in [-0.15, -0.1) is 0 Å². The number of alkyl halides is 6. The van der Waals surface area contributed by atoms with Crippen LogP contribution in [0.15, 0.2) is 48.8 Å². The van der Waals surface area contributed by atoms with Crippen LogP contribution in [0.1, 0.15) is 72.6 Å². The van der Waals surface area contributed by atoms with E-state index in [-0.39, 0.29) is 60.1 Å². The number of nitrogens with zero attached hydrogens (tertiary/aromatic N) is 4. The Bertz CT molecular complexity index is 2080. The third kappa shape index (κ3) is 7.09. The summed E-state index contributed by atoms with van der Waals surface area (Å²) in [7, 11) is 0. The molecule has 4 heterocycles. The van der Waals surface area contributed by atoms with Crippen LogP contribution in [0.25, 0.3) is 0 Å². The maximum atomic E-state index is 14.0. The van der Waals surface area contributed by atoms with Crippen molar-refractivity contribution in [2.75, 3.05) is 31.9 Å². The fourth-order valence-electron chi connectivity index (χ4n) is 6.47. The van der Waals surface area contributed by atoms with Gasteiger partial charge in [-0.3, -0.25) is 9.59 Å². The Hall–Kier alpha value is -5.68. The molecule has 2 aliphatic heterocycles. The standard InChI is InChI=1S/C34H30F6N10O2/c35-33(36,37)23-13-42-32(49-29(23)43-15-1-2-15)46-18-6-8-26-22(10-18)20(12-28(52)48-26)19-11-27(51)47-25-7-5-17(9-21(19)25)44-30-24(34(38,39)40)14-41-31(50-30)45-16-3-4-16/h5-10,13-16,19-20H,1-4,11-12H2,(H,47,51)(H,48,52)(H2,41,44,45,50)(H2,42,43,46,49). The van der Waals surface area contributed by atoms with Gasteiger partial charge in [-0.2, -0.15) is 36.3 Å². The van der Waals surface area contributed by atoms with E-state index in [0.717, 1.165) is 31.9 Å². The Morgan fingerprint density at radius 2 is 1.10 bits per heavy atom. The van der Waals surface area contributed by atoms with Crippen molar-refractivity contribution in [2.24, 2.45) is 0 Å². The highest BCUT2D eigenvalue weighted by Gasteiger charge is 2.40. The molecule has 12 nitrogen and oxygen atoms in total. The van der Waals surface area contributed by atoms with E-state index in [4.69, 9.17) is 0 Å². The smallest absolute Gasteiger partial charge is 0.367 e. The number of fused-ring (bicyclic) bond motifs is 2. The van der Waals surface area contributed by atoms with Crippen molar-refractivity contribution in [3.05, 3.63) is 71.0 Å². The van der Waals surface area contributed by atoms with Gasteiger partial charge in [0, 0.05) is 71.9 Å². The van der Waals surface area contributed by atoms with E-state index in [1.807, 2.05) is 0 Å². The number of hydrogen-bond acceptors (Lipinski definition) is 10. The molecule has 2 saturated carbocycles. The molecule has 52 heavy (non-hydrogen) atoms. The lowest BCUT2D eigenvalue weighted by atomic mass is 9.73. The van der Waals surface area contributed by atoms with Crippen molar-refractivity contribution in [3.63, 3.8) is 0 Å². The van der Waals surface area contributed by atoms with Gasteiger partial charge in [0.15, 0.2) is 0 Å². The number of amides is 2. The van der Waals surface area contributed by atoms with Crippen LogP contribution in [-0.4, -0.2) is 43.8 Å². The average Bonchev–Trinajstić information content (AvgIpc) is 4.02. The van der Waals surface area contributed by atoms with Crippen molar-refractivity contribution >= 4 is 58.1 Å². The SMILES string of the molecule is O=C1CC(C2CC(=O)Nc3ccc(Nc4nc(NC5CC5)ncc4C(F)(F)F)cc32)c2cc(Nc3ncc(C(F)(F)F)c(NC4CC4)n3)ccc2N1. The third-order valence-electron chi connectivity index (χ3n) is 9.28. The molecule has 4 aromatic rings. The minimum atomic E-state index is -4.74. The fraction of sp³-hybridized carbons (Fsp3) is 0.353. The molecule has 2 aromatic carbocycles. The van der Waals surface area contributed by atoms with Crippen molar-refractivity contribution in [1.29, 1.82) is 0 Å². The van der Waals surface area contributed by atoms with Gasteiger partial charge < -0.3 is 31.9 Å². The molecule has 2 aromatic heterocycles. The average molecular weight is 725 g/mol. The number of carbonyl (C=O) groups excluding carboxylic acids is 2. The summed E-state index contributed by atoms with van der Waals surface area (Å²) >= 11 is 0. The first kappa shape index (κ1) is 33.5. The first-order valence-electron chi connectivity index (χ1n) is 16.6. The number of benzene rings is 2. The van der Waals surface area contributed by atoms with Gasteiger partial charge >= 0.3 is 12.4 Å². The molecule has 2 aliphatic carbocycles. The molecule has 0 bridgehead atoms. The van der Waals surface area contributed by atoms with E-state index >= 15 is 0 Å². The summed E-state index contributed by atoms with van der Waals surface area (Å²) < 4.78 is 82.9. The maximum Gasteiger partial charge on any atom is 0.421 e. The third-order valence-corrected chi connectivity index (χ3v) is 9.28. The van der Waals surface area contributed by atoms with Crippen molar-refractivity contribution in [2.45, 2.75) is 74.8 Å². The van der Waals surface area contributed by atoms with E-state index in [1.54, 1.807) is 30.3 Å². The molecule has 2 atom stereocenters. The lowest BCUT2D eigenvalue weighted by molar-refractivity contribution is -0.138. The number of halogens is 6. The fourth-order valence-corrected chi connectivity index (χ4v) is 6.47. The molecular weight excluding hydrogens is 694 g/mol. The molecule has 18 heteroatoms. The van der Waals surface area contributed by atoms with Crippen LogP contribution in [0, 0.1) is 0 Å². The molecule has 2 fully saturated rings. The van der Waals surface area contributed by atoms with Crippen LogP contribution in [0.3, 0.4) is 0 Å². The largest absolute Gasteiger partial charge is 0.421 e. The van der Waals surface area contributed by atoms with Gasteiger partial charge in [0.05, 0.1) is 0 Å². The molecule has 0 saturated heterocycles. The highest BCUT2D eigenvalue weighted by atomic mass is 19.4. The summed E-state index contributed by atoms with van der Waals surface area (Å²) in [6.45, 7) is 0. The number of nitrogens with one attached hydrogen (secondary N) is 6. The molecule has 2 amide bonds. The summed E-state index contributed by atoms with van der Waals surface area (Å²) in [5.41, 5.74) is 0.811. The van der Waals surface area contributed by atoms with E-state index in [0.29, 0.717) is 34.4 Å². The Morgan fingerprint density at radius 1 is 0.615 bits per heavy atom. The second-order valence-corrected chi connectivity index (χ2v) is 13.3. The van der Waals surface area contributed by atoms with Crippen LogP contribution >= 0.6 is 0 Å². The Labute approximate surface area is 291 Å². The molecule has 0 radical (unpaired) electrons. The molecule has 8 rings (SSSR count). The Morgan fingerprint density at radius 3 is 1.63 bits per heavy atom. The first-order chi connectivity index (χ1) is 24.8. The van der Waals surface area contributed by atoms with Gasteiger partial charge in [-0.1, -0.05) is 0 Å². The summed E-state index contributed by atoms with van der Waals surface area (Å²) in [4.78, 5) is 41.9. The topological polar surface area (TPSA) is 158 Å². The van der Waals surface area contributed by atoms with Crippen LogP contribution in [0.5, 0.6) is 0 Å². The molecule has 0 spiro atoms. The lowest BCUT2D eigenvalue weighted by Gasteiger charge is -2.36. The van der Waals surface area contributed by atoms with Gasteiger partial charge in [0.1, 0.15) is 22.8 Å². The second-order valence-electron chi connectivity index (χ2n) is 13.3. The highest BCUT2D eigenvalue weighted by Crippen LogP contribution is 2.49. The van der Waals surface area contributed by atoms with Gasteiger partial charge in [0.25, 0.3) is 0 Å². The number of rotatable bonds is 9. The second kappa shape index (κ2) is 12.5. The lowest BCUT2D eigenvalue weighted by Crippen LogP contribution is -2.31. The van der Waals surface area contributed by atoms with E-state index < -0.39 is 41.1 Å². The van der Waals surface area contributed by atoms with E-state index in [2.05, 4.69) is 51.8 Å². The molecular formula is C34H30F6N10O2. The molecule has 6 N–H and O–H groups in total. The summed E-state index contributed by atoms with van der Waals surface area (Å²) in [6, 6.07) is 9.71. The van der Waals surface area contributed by atoms with E-state index in [9.17, 15) is 35.9 Å². The van der Waals surface area contributed by atoms with Crippen LogP contribution in [-0.2, 0) is 21.9 Å². The first-order valence-corrected chi connectivity index (χ1v) is 16.6. The predicted octanol–water partition coefficient (Wildman–Crippen LogP) is 7.49. The van der Waals surface area contributed by atoms with E-state index in [1.165, 1.54) is 6.07 Å². The molecule has 4 aliphatic rings. The Balaban J connectivity index is 1.11. The zero-order valence-electron chi connectivity index (χ0n) is 27.0. The van der Waals surface area contributed by atoms with Crippen LogP contribution in [0.4, 0.5) is 72.6 Å². The monoisotopic (exact) mass is 724 g/mol. The van der Waals surface area contributed by atoms with Crippen molar-refractivity contribution in [1.82, 2.24) is 19.9 Å². The number of aromatic nitrogens is 4. The van der Waals surface area contributed by atoms with Crippen LogP contribution in [0.2, 0.25) is 0 Å². The van der Waals surface area contributed by atoms with Gasteiger partial charge in [0.2, 0.25) is 23.7 Å². The number of carbonyl (C=O) groups is 2. The molecule has 270 valence electrons. The number of anilines is 8. The number of hydrogen-bond donors (Lipinski definition) is 6. The minimum Gasteiger partial charge on any atom is -0.367 e. The normalized spacial score (nSPS) is 19.9. The van der Waals surface area contributed by atoms with Crippen molar-refractivity contribution < 1.29 is 35.9 Å². The minimum absolute atomic E-state index is 0.0158. The quantitative estimate of drug-likeness (QED) is 0.0956. The summed E-state index contributed by atoms with van der Waals surface area (Å²) in [6.07, 6.45) is -4.80.